The summed E-state index contributed by atoms with van der Waals surface area (Å²) in [7, 11) is 0. The van der Waals surface area contributed by atoms with Crippen molar-refractivity contribution in [3.8, 4) is 0 Å². The van der Waals surface area contributed by atoms with Crippen molar-refractivity contribution in [1.29, 1.82) is 0 Å². The molecule has 0 radical (unpaired) electrons. The fourth-order valence-corrected chi connectivity index (χ4v) is 1.37. The summed E-state index contributed by atoms with van der Waals surface area (Å²) in [6.45, 7) is 5.84. The quantitative estimate of drug-likeness (QED) is 0.802. The van der Waals surface area contributed by atoms with Crippen LogP contribution in [0, 0.1) is 5.41 Å². The Bertz CT molecular complexity index is 382. The van der Waals surface area contributed by atoms with E-state index in [4.69, 9.17) is 11.5 Å². The minimum atomic E-state index is -0.480. The van der Waals surface area contributed by atoms with Gasteiger partial charge in [-0.2, -0.15) is 0 Å². The maximum absolute atomic E-state index is 11.9. The van der Waals surface area contributed by atoms with Gasteiger partial charge in [0.15, 0.2) is 5.78 Å². The Labute approximate surface area is 96.0 Å². The van der Waals surface area contributed by atoms with E-state index in [1.807, 2.05) is 20.8 Å². The Kier molecular flexibility index (Phi) is 3.65. The van der Waals surface area contributed by atoms with Gasteiger partial charge in [-0.1, -0.05) is 20.8 Å². The van der Waals surface area contributed by atoms with Gasteiger partial charge in [-0.25, -0.2) is 0 Å². The first-order valence-corrected chi connectivity index (χ1v) is 5.29. The van der Waals surface area contributed by atoms with Crippen molar-refractivity contribution in [2.45, 2.75) is 33.2 Å². The highest BCUT2D eigenvalue weighted by molar-refractivity contribution is 5.87. The average Bonchev–Trinajstić information content (AvgIpc) is 2.19. The van der Waals surface area contributed by atoms with Crippen LogP contribution in [0.2, 0.25) is 0 Å². The lowest BCUT2D eigenvalue weighted by Gasteiger charge is -2.25. The summed E-state index contributed by atoms with van der Waals surface area (Å²) in [6, 6.07) is 1.21. The molecule has 0 aliphatic heterocycles. The van der Waals surface area contributed by atoms with Crippen molar-refractivity contribution < 1.29 is 4.79 Å². The van der Waals surface area contributed by atoms with Gasteiger partial charge >= 0.3 is 0 Å². The molecule has 0 saturated heterocycles. The maximum atomic E-state index is 11.9. The number of rotatable bonds is 3. The minimum Gasteiger partial charge on any atom is -0.398 e. The number of nitrogens with zero attached hydrogens (tertiary/aromatic N) is 1. The summed E-state index contributed by atoms with van der Waals surface area (Å²) in [6.07, 6.45) is 3.47. The first-order chi connectivity index (χ1) is 7.32. The Hall–Kier alpha value is -1.42. The van der Waals surface area contributed by atoms with Crippen molar-refractivity contribution in [2.75, 3.05) is 5.73 Å². The third-order valence-corrected chi connectivity index (χ3v) is 2.59. The van der Waals surface area contributed by atoms with Crippen molar-refractivity contribution in [3.05, 3.63) is 24.0 Å². The number of aromatic nitrogens is 1. The first kappa shape index (κ1) is 12.6. The number of Topliss-reactive ketones (excluding diaryl/α,β-unsaturated/α-hetero) is 1. The summed E-state index contributed by atoms with van der Waals surface area (Å²) >= 11 is 0. The minimum absolute atomic E-state index is 0.00722. The second-order valence-electron chi connectivity index (χ2n) is 5.06. The molecule has 0 bridgehead atoms. The molecule has 4 N–H and O–H groups in total. The second-order valence-corrected chi connectivity index (χ2v) is 5.06. The van der Waals surface area contributed by atoms with E-state index in [1.54, 1.807) is 18.5 Å². The Morgan fingerprint density at radius 2 is 2.12 bits per heavy atom. The van der Waals surface area contributed by atoms with Gasteiger partial charge in [-0.15, -0.1) is 0 Å². The number of nitrogens with two attached hydrogens (primary N) is 2. The summed E-state index contributed by atoms with van der Waals surface area (Å²) in [5.41, 5.74) is 12.7. The van der Waals surface area contributed by atoms with Crippen LogP contribution < -0.4 is 11.5 Å². The third kappa shape index (κ3) is 3.03. The van der Waals surface area contributed by atoms with Gasteiger partial charge in [0.2, 0.25) is 0 Å². The highest BCUT2D eigenvalue weighted by Crippen LogP contribution is 2.20. The van der Waals surface area contributed by atoms with Crippen LogP contribution in [0.15, 0.2) is 18.5 Å². The molecular formula is C12H19N3O. The lowest BCUT2D eigenvalue weighted by atomic mass is 9.83. The summed E-state index contributed by atoms with van der Waals surface area (Å²) < 4.78 is 0. The number of pyridine rings is 1. The number of carbonyl (C=O) groups is 1. The number of ketones is 1. The molecule has 1 rings (SSSR count). The van der Waals surface area contributed by atoms with E-state index in [0.29, 0.717) is 5.69 Å². The highest BCUT2D eigenvalue weighted by Gasteiger charge is 2.27. The standard InChI is InChI=1S/C12H19N3O/c1-12(2,3)11(14)10(16)6-8-7-15-5-4-9(8)13/h4-5,7,11H,6,14H2,1-3H3,(H2,13,15). The largest absolute Gasteiger partial charge is 0.398 e. The molecule has 1 aromatic rings. The molecule has 0 spiro atoms. The molecule has 1 aromatic heterocycles. The molecule has 4 nitrogen and oxygen atoms in total. The molecule has 1 unspecified atom stereocenters. The average molecular weight is 221 g/mol. The fraction of sp³-hybridized carbons (Fsp3) is 0.500. The molecule has 0 aliphatic rings. The molecular weight excluding hydrogens is 202 g/mol. The lowest BCUT2D eigenvalue weighted by Crippen LogP contribution is -2.43. The van der Waals surface area contributed by atoms with Crippen LogP contribution in [-0.4, -0.2) is 16.8 Å². The normalized spacial score (nSPS) is 13.5. The monoisotopic (exact) mass is 221 g/mol. The van der Waals surface area contributed by atoms with E-state index in [9.17, 15) is 4.79 Å². The molecule has 1 atom stereocenters. The van der Waals surface area contributed by atoms with Crippen LogP contribution in [-0.2, 0) is 11.2 Å². The Morgan fingerprint density at radius 1 is 1.50 bits per heavy atom. The first-order valence-electron chi connectivity index (χ1n) is 5.29. The predicted octanol–water partition coefficient (Wildman–Crippen LogP) is 1.15. The topological polar surface area (TPSA) is 82.0 Å². The van der Waals surface area contributed by atoms with Crippen LogP contribution in [0.5, 0.6) is 0 Å². The van der Waals surface area contributed by atoms with Crippen LogP contribution >= 0.6 is 0 Å². The van der Waals surface area contributed by atoms with Gasteiger partial charge < -0.3 is 11.5 Å². The van der Waals surface area contributed by atoms with Gasteiger partial charge in [0.05, 0.1) is 6.04 Å². The van der Waals surface area contributed by atoms with Gasteiger partial charge in [0.25, 0.3) is 0 Å². The van der Waals surface area contributed by atoms with Gasteiger partial charge in [-0.3, -0.25) is 9.78 Å². The van der Waals surface area contributed by atoms with Crippen molar-refractivity contribution >= 4 is 11.5 Å². The molecule has 0 saturated carbocycles. The van der Waals surface area contributed by atoms with Crippen LogP contribution in [0.4, 0.5) is 5.69 Å². The van der Waals surface area contributed by atoms with E-state index in [-0.39, 0.29) is 17.6 Å². The SMILES string of the molecule is CC(C)(C)C(N)C(=O)Cc1cnccc1N. The maximum Gasteiger partial charge on any atom is 0.154 e. The fourth-order valence-electron chi connectivity index (χ4n) is 1.37. The van der Waals surface area contributed by atoms with E-state index in [2.05, 4.69) is 4.98 Å². The second kappa shape index (κ2) is 4.61. The number of carbonyl (C=O) groups excluding carboxylic acids is 1. The number of hydrogen-bond donors (Lipinski definition) is 2. The van der Waals surface area contributed by atoms with Crippen LogP contribution in [0.3, 0.4) is 0 Å². The van der Waals surface area contributed by atoms with E-state index in [0.717, 1.165) is 5.56 Å². The smallest absolute Gasteiger partial charge is 0.154 e. The zero-order valence-corrected chi connectivity index (χ0v) is 10.0. The number of hydrogen-bond acceptors (Lipinski definition) is 4. The van der Waals surface area contributed by atoms with Crippen LogP contribution in [0.1, 0.15) is 26.3 Å². The molecule has 0 fully saturated rings. The van der Waals surface area contributed by atoms with E-state index in [1.165, 1.54) is 0 Å². The number of nitrogen functional groups attached to an aromatic ring is 1. The predicted molar refractivity (Wildman–Crippen MR) is 64.8 cm³/mol. The van der Waals surface area contributed by atoms with E-state index >= 15 is 0 Å². The molecule has 0 aliphatic carbocycles. The van der Waals surface area contributed by atoms with Crippen molar-refractivity contribution in [2.24, 2.45) is 11.1 Å². The summed E-state index contributed by atoms with van der Waals surface area (Å²) in [5.74, 6) is -0.00722. The molecule has 16 heavy (non-hydrogen) atoms. The number of anilines is 1. The van der Waals surface area contributed by atoms with Gasteiger partial charge in [0.1, 0.15) is 0 Å². The van der Waals surface area contributed by atoms with Crippen molar-refractivity contribution in [3.63, 3.8) is 0 Å². The highest BCUT2D eigenvalue weighted by atomic mass is 16.1. The zero-order chi connectivity index (χ0) is 12.3. The van der Waals surface area contributed by atoms with Gasteiger partial charge in [0, 0.05) is 30.1 Å². The molecule has 0 aromatic carbocycles. The van der Waals surface area contributed by atoms with Gasteiger partial charge in [-0.05, 0) is 11.5 Å². The molecule has 0 amide bonds. The summed E-state index contributed by atoms with van der Waals surface area (Å²) in [5, 5.41) is 0. The molecule has 88 valence electrons. The Balaban J connectivity index is 2.76. The molecule has 1 heterocycles. The van der Waals surface area contributed by atoms with E-state index < -0.39 is 6.04 Å². The van der Waals surface area contributed by atoms with Crippen molar-refractivity contribution in [1.82, 2.24) is 4.98 Å². The summed E-state index contributed by atoms with van der Waals surface area (Å²) in [4.78, 5) is 15.9. The lowest BCUT2D eigenvalue weighted by molar-refractivity contribution is -0.121. The zero-order valence-electron chi connectivity index (χ0n) is 10.0. The van der Waals surface area contributed by atoms with Crippen LogP contribution in [0.25, 0.3) is 0 Å². The third-order valence-electron chi connectivity index (χ3n) is 2.59. The Morgan fingerprint density at radius 3 is 2.62 bits per heavy atom. The molecule has 4 heteroatoms.